The number of amides is 1. The number of halogens is 1. The van der Waals surface area contributed by atoms with Gasteiger partial charge in [-0.05, 0) is 47.6 Å². The molecule has 2 nitrogen and oxygen atoms in total. The van der Waals surface area contributed by atoms with Gasteiger partial charge in [0.25, 0.3) is 5.91 Å². The Labute approximate surface area is 131 Å². The highest BCUT2D eigenvalue weighted by atomic mass is 35.5. The Kier molecular flexibility index (Phi) is 2.98. The highest BCUT2D eigenvalue weighted by Gasteiger charge is 2.17. The van der Waals surface area contributed by atoms with E-state index >= 15 is 0 Å². The van der Waals surface area contributed by atoms with Gasteiger partial charge in [-0.2, -0.15) is 0 Å². The molecule has 0 spiro atoms. The summed E-state index contributed by atoms with van der Waals surface area (Å²) in [5.74, 6) is -0.106. The maximum Gasteiger partial charge on any atom is 0.265 e. The molecule has 4 rings (SSSR count). The third-order valence-corrected chi connectivity index (χ3v) is 5.15. The topological polar surface area (TPSA) is 29.1 Å². The number of hydrogen-bond acceptors (Lipinski definition) is 2. The minimum absolute atomic E-state index is 0.106. The van der Waals surface area contributed by atoms with Crippen LogP contribution in [0.1, 0.15) is 20.8 Å². The van der Waals surface area contributed by atoms with E-state index in [0.29, 0.717) is 9.21 Å². The Morgan fingerprint density at radius 1 is 1.05 bits per heavy atom. The minimum Gasteiger partial charge on any atom is -0.321 e. The van der Waals surface area contributed by atoms with Gasteiger partial charge < -0.3 is 5.32 Å². The Hall–Kier alpha value is -1.84. The van der Waals surface area contributed by atoms with Crippen molar-refractivity contribution in [3.05, 3.63) is 62.8 Å². The Morgan fingerprint density at radius 3 is 2.62 bits per heavy atom. The van der Waals surface area contributed by atoms with E-state index in [4.69, 9.17) is 11.6 Å². The number of anilines is 1. The third-order valence-electron chi connectivity index (χ3n) is 3.92. The van der Waals surface area contributed by atoms with Crippen molar-refractivity contribution in [2.45, 2.75) is 12.8 Å². The summed E-state index contributed by atoms with van der Waals surface area (Å²) in [6.07, 6.45) is 2.18. The van der Waals surface area contributed by atoms with E-state index < -0.39 is 0 Å². The van der Waals surface area contributed by atoms with E-state index in [0.717, 1.165) is 23.9 Å². The molecular formula is C17H12ClNOS. The second kappa shape index (κ2) is 4.86. The SMILES string of the molecule is O=C(Nc1ccc2c3c(cccc13)CC2)c1ccc(Cl)s1. The molecule has 0 radical (unpaired) electrons. The smallest absolute Gasteiger partial charge is 0.265 e. The van der Waals surface area contributed by atoms with Crippen molar-refractivity contribution in [3.8, 4) is 0 Å². The number of aryl methyl sites for hydroxylation is 2. The van der Waals surface area contributed by atoms with Crippen LogP contribution in [0.2, 0.25) is 4.34 Å². The van der Waals surface area contributed by atoms with Crippen molar-refractivity contribution in [1.82, 2.24) is 0 Å². The van der Waals surface area contributed by atoms with Crippen LogP contribution < -0.4 is 5.32 Å². The molecule has 1 aliphatic carbocycles. The number of benzene rings is 2. The molecule has 1 aliphatic rings. The minimum atomic E-state index is -0.106. The summed E-state index contributed by atoms with van der Waals surface area (Å²) in [6.45, 7) is 0. The van der Waals surface area contributed by atoms with E-state index in [1.54, 1.807) is 12.1 Å². The van der Waals surface area contributed by atoms with Crippen LogP contribution in [0, 0.1) is 0 Å². The zero-order valence-electron chi connectivity index (χ0n) is 11.2. The Morgan fingerprint density at radius 2 is 1.86 bits per heavy atom. The first-order valence-corrected chi connectivity index (χ1v) is 8.02. The van der Waals surface area contributed by atoms with E-state index in [1.165, 1.54) is 27.8 Å². The highest BCUT2D eigenvalue weighted by molar-refractivity contribution is 7.18. The summed E-state index contributed by atoms with van der Waals surface area (Å²) in [5, 5.41) is 5.44. The number of hydrogen-bond donors (Lipinski definition) is 1. The zero-order valence-corrected chi connectivity index (χ0v) is 12.7. The summed E-state index contributed by atoms with van der Waals surface area (Å²) in [5.41, 5.74) is 3.61. The zero-order chi connectivity index (χ0) is 14.4. The average molecular weight is 314 g/mol. The first kappa shape index (κ1) is 12.9. The van der Waals surface area contributed by atoms with E-state index in [2.05, 4.69) is 29.6 Å². The molecule has 104 valence electrons. The molecular weight excluding hydrogens is 302 g/mol. The summed E-state index contributed by atoms with van der Waals surface area (Å²) < 4.78 is 0.626. The molecule has 21 heavy (non-hydrogen) atoms. The summed E-state index contributed by atoms with van der Waals surface area (Å²) in [6, 6.07) is 13.9. The lowest BCUT2D eigenvalue weighted by atomic mass is 10.0. The van der Waals surface area contributed by atoms with Crippen LogP contribution in [-0.2, 0) is 12.8 Å². The summed E-state index contributed by atoms with van der Waals surface area (Å²) in [4.78, 5) is 12.9. The van der Waals surface area contributed by atoms with Gasteiger partial charge in [0, 0.05) is 11.1 Å². The molecule has 1 aromatic heterocycles. The van der Waals surface area contributed by atoms with E-state index in [-0.39, 0.29) is 5.91 Å². The van der Waals surface area contributed by atoms with Gasteiger partial charge in [0.15, 0.2) is 0 Å². The molecule has 2 aromatic carbocycles. The first-order chi connectivity index (χ1) is 10.2. The summed E-state index contributed by atoms with van der Waals surface area (Å²) >= 11 is 7.18. The maximum atomic E-state index is 12.3. The van der Waals surface area contributed by atoms with Crippen molar-refractivity contribution < 1.29 is 4.79 Å². The van der Waals surface area contributed by atoms with Crippen LogP contribution in [0.25, 0.3) is 10.8 Å². The molecule has 0 saturated carbocycles. The molecule has 1 amide bonds. The summed E-state index contributed by atoms with van der Waals surface area (Å²) in [7, 11) is 0. The largest absolute Gasteiger partial charge is 0.321 e. The number of rotatable bonds is 2. The normalized spacial score (nSPS) is 12.8. The van der Waals surface area contributed by atoms with Crippen molar-refractivity contribution in [3.63, 3.8) is 0 Å². The van der Waals surface area contributed by atoms with Gasteiger partial charge in [-0.1, -0.05) is 35.9 Å². The first-order valence-electron chi connectivity index (χ1n) is 6.82. The second-order valence-corrected chi connectivity index (χ2v) is 6.88. The molecule has 3 aromatic rings. The van der Waals surface area contributed by atoms with Gasteiger partial charge in [-0.15, -0.1) is 11.3 Å². The van der Waals surface area contributed by atoms with Crippen LogP contribution in [-0.4, -0.2) is 5.91 Å². The molecule has 4 heteroatoms. The van der Waals surface area contributed by atoms with E-state index in [1.807, 2.05) is 6.07 Å². The third kappa shape index (κ3) is 2.13. The number of carbonyl (C=O) groups excluding carboxylic acids is 1. The number of nitrogens with one attached hydrogen (secondary N) is 1. The molecule has 0 unspecified atom stereocenters. The lowest BCUT2D eigenvalue weighted by molar-refractivity contribution is 0.103. The van der Waals surface area contributed by atoms with Crippen LogP contribution in [0.5, 0.6) is 0 Å². The van der Waals surface area contributed by atoms with Gasteiger partial charge in [0.2, 0.25) is 0 Å². The molecule has 0 aliphatic heterocycles. The molecule has 1 heterocycles. The fourth-order valence-electron chi connectivity index (χ4n) is 2.98. The number of carbonyl (C=O) groups is 1. The molecule has 0 fully saturated rings. The fraction of sp³-hybridized carbons (Fsp3) is 0.118. The van der Waals surface area contributed by atoms with Gasteiger partial charge in [-0.25, -0.2) is 0 Å². The van der Waals surface area contributed by atoms with Crippen molar-refractivity contribution in [2.24, 2.45) is 0 Å². The highest BCUT2D eigenvalue weighted by Crippen LogP contribution is 2.35. The predicted octanol–water partition coefficient (Wildman–Crippen LogP) is 4.91. The van der Waals surface area contributed by atoms with Crippen LogP contribution in [0.4, 0.5) is 5.69 Å². The van der Waals surface area contributed by atoms with Crippen LogP contribution >= 0.6 is 22.9 Å². The van der Waals surface area contributed by atoms with Gasteiger partial charge in [0.05, 0.1) is 9.21 Å². The van der Waals surface area contributed by atoms with E-state index in [9.17, 15) is 4.79 Å². The monoisotopic (exact) mass is 313 g/mol. The molecule has 0 bridgehead atoms. The molecule has 1 N–H and O–H groups in total. The van der Waals surface area contributed by atoms with Gasteiger partial charge in [0.1, 0.15) is 0 Å². The Bertz CT molecular complexity index is 858. The number of thiophene rings is 1. The quantitative estimate of drug-likeness (QED) is 0.716. The van der Waals surface area contributed by atoms with Crippen molar-refractivity contribution >= 4 is 45.3 Å². The maximum absolute atomic E-state index is 12.3. The van der Waals surface area contributed by atoms with Crippen molar-refractivity contribution in [2.75, 3.05) is 5.32 Å². The van der Waals surface area contributed by atoms with Crippen molar-refractivity contribution in [1.29, 1.82) is 0 Å². The van der Waals surface area contributed by atoms with Gasteiger partial charge >= 0.3 is 0 Å². The Balaban J connectivity index is 1.76. The molecule has 0 atom stereocenters. The van der Waals surface area contributed by atoms with Crippen LogP contribution in [0.3, 0.4) is 0 Å². The lowest BCUT2D eigenvalue weighted by Crippen LogP contribution is -2.10. The average Bonchev–Trinajstić information content (AvgIpc) is 3.10. The molecule has 0 saturated heterocycles. The lowest BCUT2D eigenvalue weighted by Gasteiger charge is -2.10. The predicted molar refractivity (Wildman–Crippen MR) is 88.6 cm³/mol. The standard InChI is InChI=1S/C17H12ClNOS/c18-15-9-8-14(21-15)17(20)19-13-7-6-11-5-4-10-2-1-3-12(13)16(10)11/h1-3,6-9H,4-5H2,(H,19,20). The van der Waals surface area contributed by atoms with Crippen LogP contribution in [0.15, 0.2) is 42.5 Å². The van der Waals surface area contributed by atoms with Gasteiger partial charge in [-0.3, -0.25) is 4.79 Å². The fourth-order valence-corrected chi connectivity index (χ4v) is 3.91. The second-order valence-electron chi connectivity index (χ2n) is 5.17.